The van der Waals surface area contributed by atoms with Crippen molar-refractivity contribution >= 4 is 15.9 Å². The standard InChI is InChI=1S/C12H16BrFO/c1-3-6-12(2,15)8-9-7-10(13)4-5-11(9)14/h4-5,7,15H,3,6,8H2,1-2H3. The second kappa shape index (κ2) is 5.08. The molecule has 0 aliphatic rings. The van der Waals surface area contributed by atoms with Gasteiger partial charge in [0, 0.05) is 10.9 Å². The van der Waals surface area contributed by atoms with Crippen LogP contribution in [0.3, 0.4) is 0 Å². The van der Waals surface area contributed by atoms with Crippen molar-refractivity contribution in [2.24, 2.45) is 0 Å². The normalized spacial score (nSPS) is 15.0. The molecule has 1 rings (SSSR count). The molecule has 0 bridgehead atoms. The summed E-state index contributed by atoms with van der Waals surface area (Å²) in [4.78, 5) is 0. The number of hydrogen-bond acceptors (Lipinski definition) is 1. The maximum Gasteiger partial charge on any atom is 0.126 e. The molecule has 1 aromatic carbocycles. The summed E-state index contributed by atoms with van der Waals surface area (Å²) in [6, 6.07) is 4.80. The molecule has 84 valence electrons. The Labute approximate surface area is 98.4 Å². The molecule has 0 aliphatic carbocycles. The van der Waals surface area contributed by atoms with Gasteiger partial charge in [-0.15, -0.1) is 0 Å². The summed E-state index contributed by atoms with van der Waals surface area (Å²) in [7, 11) is 0. The van der Waals surface area contributed by atoms with Gasteiger partial charge >= 0.3 is 0 Å². The van der Waals surface area contributed by atoms with Crippen molar-refractivity contribution in [2.75, 3.05) is 0 Å². The van der Waals surface area contributed by atoms with Gasteiger partial charge in [-0.2, -0.15) is 0 Å². The molecule has 0 saturated carbocycles. The third-order valence-electron chi connectivity index (χ3n) is 2.37. The van der Waals surface area contributed by atoms with E-state index in [1.54, 1.807) is 19.1 Å². The van der Waals surface area contributed by atoms with Crippen molar-refractivity contribution in [1.29, 1.82) is 0 Å². The van der Waals surface area contributed by atoms with Crippen molar-refractivity contribution < 1.29 is 9.50 Å². The van der Waals surface area contributed by atoms with Gasteiger partial charge in [0.2, 0.25) is 0 Å². The molecule has 1 N–H and O–H groups in total. The highest BCUT2D eigenvalue weighted by Gasteiger charge is 2.21. The third kappa shape index (κ3) is 3.92. The smallest absolute Gasteiger partial charge is 0.126 e. The Morgan fingerprint density at radius 2 is 2.13 bits per heavy atom. The Bertz CT molecular complexity index is 336. The molecule has 0 aliphatic heterocycles. The van der Waals surface area contributed by atoms with E-state index in [-0.39, 0.29) is 5.82 Å². The lowest BCUT2D eigenvalue weighted by Crippen LogP contribution is -2.27. The monoisotopic (exact) mass is 274 g/mol. The van der Waals surface area contributed by atoms with E-state index in [9.17, 15) is 9.50 Å². The fourth-order valence-electron chi connectivity index (χ4n) is 1.72. The molecule has 1 atom stereocenters. The molecule has 0 heterocycles. The molecular formula is C12H16BrFO. The summed E-state index contributed by atoms with van der Waals surface area (Å²) in [5.74, 6) is -0.255. The van der Waals surface area contributed by atoms with Crippen molar-refractivity contribution in [3.8, 4) is 0 Å². The van der Waals surface area contributed by atoms with E-state index >= 15 is 0 Å². The van der Waals surface area contributed by atoms with Crippen LogP contribution >= 0.6 is 15.9 Å². The molecule has 0 fully saturated rings. The van der Waals surface area contributed by atoms with Crippen LogP contribution in [-0.4, -0.2) is 10.7 Å². The minimum atomic E-state index is -0.823. The van der Waals surface area contributed by atoms with Gasteiger partial charge in [0.15, 0.2) is 0 Å². The highest BCUT2D eigenvalue weighted by Crippen LogP contribution is 2.23. The van der Waals surface area contributed by atoms with Crippen molar-refractivity contribution in [2.45, 2.75) is 38.7 Å². The first-order chi connectivity index (χ1) is 6.94. The van der Waals surface area contributed by atoms with Crippen LogP contribution in [0, 0.1) is 5.82 Å². The number of rotatable bonds is 4. The van der Waals surface area contributed by atoms with Gasteiger partial charge in [0.05, 0.1) is 5.60 Å². The largest absolute Gasteiger partial charge is 0.390 e. The van der Waals surface area contributed by atoms with E-state index < -0.39 is 5.60 Å². The van der Waals surface area contributed by atoms with Crippen LogP contribution < -0.4 is 0 Å². The predicted molar refractivity (Wildman–Crippen MR) is 63.3 cm³/mol. The van der Waals surface area contributed by atoms with Crippen LogP contribution in [0.15, 0.2) is 22.7 Å². The molecule has 3 heteroatoms. The molecule has 0 saturated heterocycles. The highest BCUT2D eigenvalue weighted by molar-refractivity contribution is 9.10. The fourth-order valence-corrected chi connectivity index (χ4v) is 2.12. The summed E-state index contributed by atoms with van der Waals surface area (Å²) >= 11 is 3.29. The molecule has 1 unspecified atom stereocenters. The average Bonchev–Trinajstić information content (AvgIpc) is 2.10. The van der Waals surface area contributed by atoms with Gasteiger partial charge in [-0.25, -0.2) is 4.39 Å². The summed E-state index contributed by atoms with van der Waals surface area (Å²) in [5, 5.41) is 10.0. The second-order valence-corrected chi connectivity index (χ2v) is 5.08. The van der Waals surface area contributed by atoms with E-state index in [1.807, 2.05) is 6.92 Å². The average molecular weight is 275 g/mol. The number of aliphatic hydroxyl groups is 1. The Morgan fingerprint density at radius 3 is 2.73 bits per heavy atom. The van der Waals surface area contributed by atoms with Gasteiger partial charge in [-0.05, 0) is 37.1 Å². The Kier molecular flexibility index (Phi) is 4.29. The zero-order valence-corrected chi connectivity index (χ0v) is 10.6. The van der Waals surface area contributed by atoms with Crippen LogP contribution in [0.4, 0.5) is 4.39 Å². The number of benzene rings is 1. The summed E-state index contributed by atoms with van der Waals surface area (Å²) < 4.78 is 14.2. The van der Waals surface area contributed by atoms with E-state index in [1.165, 1.54) is 6.07 Å². The first kappa shape index (κ1) is 12.7. The molecule has 0 radical (unpaired) electrons. The summed E-state index contributed by atoms with van der Waals surface area (Å²) in [6.07, 6.45) is 1.92. The lowest BCUT2D eigenvalue weighted by molar-refractivity contribution is 0.0497. The van der Waals surface area contributed by atoms with Crippen molar-refractivity contribution in [1.82, 2.24) is 0 Å². The first-order valence-electron chi connectivity index (χ1n) is 5.11. The molecule has 0 aromatic heterocycles. The van der Waals surface area contributed by atoms with E-state index in [4.69, 9.17) is 0 Å². The highest BCUT2D eigenvalue weighted by atomic mass is 79.9. The maximum atomic E-state index is 13.4. The quantitative estimate of drug-likeness (QED) is 0.888. The van der Waals surface area contributed by atoms with Crippen molar-refractivity contribution in [3.05, 3.63) is 34.1 Å². The van der Waals surface area contributed by atoms with Gasteiger partial charge in [-0.1, -0.05) is 29.3 Å². The van der Waals surface area contributed by atoms with Crippen LogP contribution in [0.1, 0.15) is 32.3 Å². The minimum absolute atomic E-state index is 0.255. The SMILES string of the molecule is CCCC(C)(O)Cc1cc(Br)ccc1F. The first-order valence-corrected chi connectivity index (χ1v) is 5.90. The summed E-state index contributed by atoms with van der Waals surface area (Å²) in [5.41, 5.74) is -0.265. The van der Waals surface area contributed by atoms with Crippen LogP contribution in [0.5, 0.6) is 0 Å². The summed E-state index contributed by atoms with van der Waals surface area (Å²) in [6.45, 7) is 3.75. The van der Waals surface area contributed by atoms with E-state index in [2.05, 4.69) is 15.9 Å². The van der Waals surface area contributed by atoms with Gasteiger partial charge in [0.25, 0.3) is 0 Å². The molecular weight excluding hydrogens is 259 g/mol. The maximum absolute atomic E-state index is 13.4. The third-order valence-corrected chi connectivity index (χ3v) is 2.86. The Morgan fingerprint density at radius 1 is 1.47 bits per heavy atom. The fraction of sp³-hybridized carbons (Fsp3) is 0.500. The van der Waals surface area contributed by atoms with Gasteiger partial charge in [0.1, 0.15) is 5.82 Å². The predicted octanol–water partition coefficient (Wildman–Crippen LogP) is 3.68. The number of hydrogen-bond donors (Lipinski definition) is 1. The van der Waals surface area contributed by atoms with Crippen LogP contribution in [0.25, 0.3) is 0 Å². The lowest BCUT2D eigenvalue weighted by Gasteiger charge is -2.22. The molecule has 1 aromatic rings. The zero-order chi connectivity index (χ0) is 11.5. The molecule has 15 heavy (non-hydrogen) atoms. The topological polar surface area (TPSA) is 20.2 Å². The van der Waals surface area contributed by atoms with Gasteiger partial charge in [-0.3, -0.25) is 0 Å². The lowest BCUT2D eigenvalue weighted by atomic mass is 9.92. The molecule has 1 nitrogen and oxygen atoms in total. The van der Waals surface area contributed by atoms with E-state index in [0.29, 0.717) is 18.4 Å². The van der Waals surface area contributed by atoms with Gasteiger partial charge < -0.3 is 5.11 Å². The zero-order valence-electron chi connectivity index (χ0n) is 9.06. The van der Waals surface area contributed by atoms with Crippen LogP contribution in [0.2, 0.25) is 0 Å². The second-order valence-electron chi connectivity index (χ2n) is 4.16. The molecule has 0 amide bonds. The Balaban J connectivity index is 2.83. The van der Waals surface area contributed by atoms with Crippen LogP contribution in [-0.2, 0) is 6.42 Å². The Hall–Kier alpha value is -0.410. The minimum Gasteiger partial charge on any atom is -0.390 e. The van der Waals surface area contributed by atoms with Crippen molar-refractivity contribution in [3.63, 3.8) is 0 Å². The molecule has 0 spiro atoms. The number of halogens is 2. The van der Waals surface area contributed by atoms with E-state index in [0.717, 1.165) is 10.9 Å².